The first-order valence-corrected chi connectivity index (χ1v) is 5.75. The van der Waals surface area contributed by atoms with E-state index in [1.165, 1.54) is 0 Å². The van der Waals surface area contributed by atoms with Gasteiger partial charge in [0.15, 0.2) is 0 Å². The van der Waals surface area contributed by atoms with Gasteiger partial charge in [0.05, 0.1) is 13.2 Å². The largest absolute Gasteiger partial charge is 0.496 e. The zero-order chi connectivity index (χ0) is 11.3. The molecule has 1 atom stereocenters. The van der Waals surface area contributed by atoms with E-state index in [1.807, 2.05) is 25.1 Å². The van der Waals surface area contributed by atoms with Crippen molar-refractivity contribution in [1.29, 1.82) is 0 Å². The Labute approximate surface area is 94.9 Å². The quantitative estimate of drug-likeness (QED) is 0.619. The number of benzene rings is 1. The lowest BCUT2D eigenvalue weighted by molar-refractivity contribution is 0.138. The molecule has 0 radical (unpaired) electrons. The molecule has 0 bridgehead atoms. The number of thioether (sulfide) groups is 1. The number of hydrogen-bond acceptors (Lipinski definition) is 4. The monoisotopic (exact) mass is 227 g/mol. The molecule has 0 heterocycles. The average molecular weight is 227 g/mol. The molecule has 0 fully saturated rings. The normalized spacial score (nSPS) is 12.5. The second kappa shape index (κ2) is 5.88. The fourth-order valence-corrected chi connectivity index (χ4v) is 2.08. The van der Waals surface area contributed by atoms with Crippen molar-refractivity contribution >= 4 is 17.4 Å². The Morgan fingerprint density at radius 3 is 2.73 bits per heavy atom. The summed E-state index contributed by atoms with van der Waals surface area (Å²) in [5.74, 6) is 1.72. The van der Waals surface area contributed by atoms with Crippen LogP contribution in [-0.4, -0.2) is 26.1 Å². The average Bonchev–Trinajstić information content (AvgIpc) is 2.26. The van der Waals surface area contributed by atoms with Crippen LogP contribution in [0.4, 0.5) is 5.69 Å². The first-order valence-electron chi connectivity index (χ1n) is 4.76. The minimum absolute atomic E-state index is 0.234. The Kier molecular flexibility index (Phi) is 4.78. The van der Waals surface area contributed by atoms with Crippen LogP contribution in [-0.2, 0) is 4.74 Å². The van der Waals surface area contributed by atoms with E-state index in [9.17, 15) is 0 Å². The van der Waals surface area contributed by atoms with Gasteiger partial charge in [-0.25, -0.2) is 0 Å². The van der Waals surface area contributed by atoms with Gasteiger partial charge in [-0.2, -0.15) is 0 Å². The van der Waals surface area contributed by atoms with Gasteiger partial charge in [-0.15, -0.1) is 11.8 Å². The van der Waals surface area contributed by atoms with Gasteiger partial charge in [-0.3, -0.25) is 0 Å². The molecule has 2 N–H and O–H groups in total. The van der Waals surface area contributed by atoms with Crippen molar-refractivity contribution in [3.05, 3.63) is 18.2 Å². The van der Waals surface area contributed by atoms with Crippen LogP contribution in [0.2, 0.25) is 0 Å². The predicted molar refractivity (Wildman–Crippen MR) is 64.6 cm³/mol. The molecule has 0 spiro atoms. The summed E-state index contributed by atoms with van der Waals surface area (Å²) in [6.07, 6.45) is 0.234. The van der Waals surface area contributed by atoms with E-state index in [4.69, 9.17) is 15.2 Å². The van der Waals surface area contributed by atoms with Crippen LogP contribution < -0.4 is 10.5 Å². The first kappa shape index (κ1) is 12.2. The summed E-state index contributed by atoms with van der Waals surface area (Å²) >= 11 is 1.71. The van der Waals surface area contributed by atoms with Crippen molar-refractivity contribution in [1.82, 2.24) is 0 Å². The summed E-state index contributed by atoms with van der Waals surface area (Å²) in [5, 5.41) is 0. The van der Waals surface area contributed by atoms with Crippen LogP contribution >= 0.6 is 11.8 Å². The highest BCUT2D eigenvalue weighted by atomic mass is 32.2. The molecule has 0 aliphatic heterocycles. The van der Waals surface area contributed by atoms with E-state index >= 15 is 0 Å². The van der Waals surface area contributed by atoms with Crippen molar-refractivity contribution in [2.75, 3.05) is 25.7 Å². The molecule has 1 unspecified atom stereocenters. The zero-order valence-corrected chi connectivity index (χ0v) is 10.1. The summed E-state index contributed by atoms with van der Waals surface area (Å²) in [6.45, 7) is 2.04. The van der Waals surface area contributed by atoms with Gasteiger partial charge in [-0.05, 0) is 19.1 Å². The fraction of sp³-hybridized carbons (Fsp3) is 0.455. The summed E-state index contributed by atoms with van der Waals surface area (Å²) in [5.41, 5.74) is 6.39. The van der Waals surface area contributed by atoms with E-state index in [0.717, 1.165) is 22.1 Å². The molecular weight excluding hydrogens is 210 g/mol. The third-order valence-electron chi connectivity index (χ3n) is 2.06. The van der Waals surface area contributed by atoms with Gasteiger partial charge in [0.1, 0.15) is 5.75 Å². The zero-order valence-electron chi connectivity index (χ0n) is 9.32. The fourth-order valence-electron chi connectivity index (χ4n) is 1.08. The Hall–Kier alpha value is -0.870. The Bertz CT molecular complexity index is 317. The molecule has 0 aliphatic rings. The van der Waals surface area contributed by atoms with E-state index in [2.05, 4.69) is 0 Å². The Morgan fingerprint density at radius 1 is 1.40 bits per heavy atom. The molecule has 0 aromatic heterocycles. The molecular formula is C11H17NO2S. The number of nitrogen functional groups attached to an aromatic ring is 1. The van der Waals surface area contributed by atoms with Crippen molar-refractivity contribution in [2.24, 2.45) is 0 Å². The molecule has 1 aromatic rings. The molecule has 0 amide bonds. The van der Waals surface area contributed by atoms with Crippen LogP contribution in [0.1, 0.15) is 6.92 Å². The van der Waals surface area contributed by atoms with Crippen molar-refractivity contribution in [3.63, 3.8) is 0 Å². The summed E-state index contributed by atoms with van der Waals surface area (Å²) in [6, 6.07) is 5.68. The van der Waals surface area contributed by atoms with E-state index in [1.54, 1.807) is 26.0 Å². The lowest BCUT2D eigenvalue weighted by Gasteiger charge is -2.11. The molecule has 4 heteroatoms. The second-order valence-corrected chi connectivity index (χ2v) is 4.33. The van der Waals surface area contributed by atoms with Crippen molar-refractivity contribution in [2.45, 2.75) is 17.9 Å². The topological polar surface area (TPSA) is 44.5 Å². The Morgan fingerprint density at radius 2 is 2.13 bits per heavy atom. The van der Waals surface area contributed by atoms with Gasteiger partial charge >= 0.3 is 0 Å². The molecule has 0 saturated carbocycles. The van der Waals surface area contributed by atoms with E-state index in [0.29, 0.717) is 0 Å². The lowest BCUT2D eigenvalue weighted by Crippen LogP contribution is -2.07. The first-order chi connectivity index (χ1) is 7.17. The van der Waals surface area contributed by atoms with Crippen LogP contribution in [0.15, 0.2) is 23.1 Å². The maximum atomic E-state index is 5.67. The minimum Gasteiger partial charge on any atom is -0.496 e. The molecule has 3 nitrogen and oxygen atoms in total. The van der Waals surface area contributed by atoms with Crippen LogP contribution in [0.3, 0.4) is 0 Å². The van der Waals surface area contributed by atoms with Gasteiger partial charge in [0, 0.05) is 29.5 Å². The van der Waals surface area contributed by atoms with Crippen LogP contribution in [0.5, 0.6) is 5.75 Å². The third kappa shape index (κ3) is 3.64. The predicted octanol–water partition coefficient (Wildman–Crippen LogP) is 2.40. The number of anilines is 1. The number of methoxy groups -OCH3 is 2. The summed E-state index contributed by atoms with van der Waals surface area (Å²) in [7, 11) is 3.37. The highest BCUT2D eigenvalue weighted by molar-refractivity contribution is 7.99. The minimum atomic E-state index is 0.234. The van der Waals surface area contributed by atoms with Gasteiger partial charge in [-0.1, -0.05) is 0 Å². The SMILES string of the molecule is COc1cc(N)ccc1SCC(C)OC. The van der Waals surface area contributed by atoms with Gasteiger partial charge < -0.3 is 15.2 Å². The number of hydrogen-bond donors (Lipinski definition) is 1. The maximum absolute atomic E-state index is 5.67. The molecule has 84 valence electrons. The van der Waals surface area contributed by atoms with E-state index < -0.39 is 0 Å². The number of rotatable bonds is 5. The summed E-state index contributed by atoms with van der Waals surface area (Å²) < 4.78 is 10.4. The Balaban J connectivity index is 2.67. The maximum Gasteiger partial charge on any atom is 0.134 e. The number of ether oxygens (including phenoxy) is 2. The molecule has 0 aliphatic carbocycles. The van der Waals surface area contributed by atoms with Crippen LogP contribution in [0, 0.1) is 0 Å². The smallest absolute Gasteiger partial charge is 0.134 e. The molecule has 0 saturated heterocycles. The van der Waals surface area contributed by atoms with Gasteiger partial charge in [0.25, 0.3) is 0 Å². The highest BCUT2D eigenvalue weighted by Crippen LogP contribution is 2.31. The number of nitrogens with two attached hydrogens (primary N) is 1. The van der Waals surface area contributed by atoms with E-state index in [-0.39, 0.29) is 6.10 Å². The lowest BCUT2D eigenvalue weighted by atomic mass is 10.3. The molecule has 15 heavy (non-hydrogen) atoms. The molecule has 1 rings (SSSR count). The van der Waals surface area contributed by atoms with Crippen LogP contribution in [0.25, 0.3) is 0 Å². The van der Waals surface area contributed by atoms with Crippen molar-refractivity contribution < 1.29 is 9.47 Å². The highest BCUT2D eigenvalue weighted by Gasteiger charge is 2.06. The standard InChI is InChI=1S/C11H17NO2S/c1-8(13-2)7-15-11-5-4-9(12)6-10(11)14-3/h4-6,8H,7,12H2,1-3H3. The second-order valence-electron chi connectivity index (χ2n) is 3.27. The summed E-state index contributed by atoms with van der Waals surface area (Å²) in [4.78, 5) is 1.09. The third-order valence-corrected chi connectivity index (χ3v) is 3.35. The van der Waals surface area contributed by atoms with Gasteiger partial charge in [0.2, 0.25) is 0 Å². The molecule has 1 aromatic carbocycles. The van der Waals surface area contributed by atoms with Crippen molar-refractivity contribution in [3.8, 4) is 5.75 Å².